The summed E-state index contributed by atoms with van der Waals surface area (Å²) in [7, 11) is 0. The summed E-state index contributed by atoms with van der Waals surface area (Å²) >= 11 is 0. The molecular formula is C57H40N2. The summed E-state index contributed by atoms with van der Waals surface area (Å²) in [6, 6.07) is 83.7. The van der Waals surface area contributed by atoms with Crippen LogP contribution >= 0.6 is 0 Å². The third-order valence-electron chi connectivity index (χ3n) is 12.3. The fourth-order valence-electron chi connectivity index (χ4n) is 9.77. The van der Waals surface area contributed by atoms with Crippen LogP contribution in [0.15, 0.2) is 231 Å². The van der Waals surface area contributed by atoms with E-state index in [2.05, 4.69) is 223 Å². The van der Waals surface area contributed by atoms with Crippen molar-refractivity contribution in [2.24, 2.45) is 0 Å². The Kier molecular flexibility index (Phi) is 8.23. The predicted octanol–water partition coefficient (Wildman–Crippen LogP) is 14.7. The topological polar surface area (TPSA) is 29.3 Å². The molecule has 0 radical (unpaired) electrons. The lowest BCUT2D eigenvalue weighted by molar-refractivity contribution is 0.768. The molecule has 1 aliphatic rings. The largest absolute Gasteiger partial charge is 0.398 e. The SMILES string of the molecule is Nc1cccc2cccc(-c3ccc(-c4ccc(N(c5ccccc5)c5ccc6c(c5)C(c5ccccc5)(c5ccccc5)c5ccccc5-6)cc4)c4ccccc34)c12. The number of rotatable bonds is 7. The van der Waals surface area contributed by atoms with E-state index in [1.165, 1.54) is 60.8 Å². The predicted molar refractivity (Wildman–Crippen MR) is 249 cm³/mol. The highest BCUT2D eigenvalue weighted by atomic mass is 15.1. The second-order valence-corrected chi connectivity index (χ2v) is 15.4. The number of benzene rings is 10. The van der Waals surface area contributed by atoms with Crippen molar-refractivity contribution < 1.29 is 0 Å². The number of para-hydroxylation sites is 1. The average molecular weight is 753 g/mol. The molecule has 11 rings (SSSR count). The minimum absolute atomic E-state index is 0.484. The molecule has 0 aromatic heterocycles. The van der Waals surface area contributed by atoms with Crippen LogP contribution in [0.2, 0.25) is 0 Å². The molecule has 0 atom stereocenters. The van der Waals surface area contributed by atoms with E-state index in [1.807, 2.05) is 12.1 Å². The van der Waals surface area contributed by atoms with Gasteiger partial charge in [0.25, 0.3) is 0 Å². The van der Waals surface area contributed by atoms with E-state index in [-0.39, 0.29) is 0 Å². The Morgan fingerprint density at radius 1 is 0.339 bits per heavy atom. The van der Waals surface area contributed by atoms with Crippen molar-refractivity contribution in [1.29, 1.82) is 0 Å². The van der Waals surface area contributed by atoms with E-state index in [1.54, 1.807) is 0 Å². The van der Waals surface area contributed by atoms with Crippen LogP contribution in [0.4, 0.5) is 22.7 Å². The van der Waals surface area contributed by atoms with Crippen LogP contribution in [0.1, 0.15) is 22.3 Å². The minimum Gasteiger partial charge on any atom is -0.398 e. The maximum Gasteiger partial charge on any atom is 0.0714 e. The highest BCUT2D eigenvalue weighted by Gasteiger charge is 2.46. The third-order valence-corrected chi connectivity index (χ3v) is 12.3. The van der Waals surface area contributed by atoms with Crippen molar-refractivity contribution in [3.8, 4) is 33.4 Å². The van der Waals surface area contributed by atoms with Crippen LogP contribution in [-0.4, -0.2) is 0 Å². The zero-order chi connectivity index (χ0) is 39.3. The molecule has 0 heterocycles. The van der Waals surface area contributed by atoms with E-state index in [0.717, 1.165) is 39.1 Å². The molecular weight excluding hydrogens is 713 g/mol. The second-order valence-electron chi connectivity index (χ2n) is 15.4. The van der Waals surface area contributed by atoms with Crippen molar-refractivity contribution in [3.05, 3.63) is 253 Å². The van der Waals surface area contributed by atoms with Crippen molar-refractivity contribution in [3.63, 3.8) is 0 Å². The molecule has 10 aromatic carbocycles. The Bertz CT molecular complexity index is 3110. The summed E-state index contributed by atoms with van der Waals surface area (Å²) < 4.78 is 0. The van der Waals surface area contributed by atoms with Gasteiger partial charge in [-0.2, -0.15) is 0 Å². The Hall–Kier alpha value is -7.68. The van der Waals surface area contributed by atoms with E-state index in [9.17, 15) is 0 Å². The normalized spacial score (nSPS) is 12.6. The van der Waals surface area contributed by atoms with E-state index < -0.39 is 5.41 Å². The number of hydrogen-bond donors (Lipinski definition) is 1. The fourth-order valence-corrected chi connectivity index (χ4v) is 9.77. The zero-order valence-corrected chi connectivity index (χ0v) is 32.5. The number of nitrogen functional groups attached to an aromatic ring is 1. The average Bonchev–Trinajstić information content (AvgIpc) is 3.60. The molecule has 2 nitrogen and oxygen atoms in total. The quantitative estimate of drug-likeness (QED) is 0.164. The van der Waals surface area contributed by atoms with E-state index in [0.29, 0.717) is 0 Å². The smallest absolute Gasteiger partial charge is 0.0714 e. The zero-order valence-electron chi connectivity index (χ0n) is 32.5. The first kappa shape index (κ1) is 34.6. The van der Waals surface area contributed by atoms with Gasteiger partial charge in [-0.1, -0.05) is 188 Å². The van der Waals surface area contributed by atoms with Crippen molar-refractivity contribution in [2.45, 2.75) is 5.41 Å². The molecule has 0 saturated heterocycles. The lowest BCUT2D eigenvalue weighted by atomic mass is 9.67. The van der Waals surface area contributed by atoms with Gasteiger partial charge in [0.05, 0.1) is 5.41 Å². The van der Waals surface area contributed by atoms with Gasteiger partial charge in [0.2, 0.25) is 0 Å². The Labute approximate surface area is 345 Å². The Balaban J connectivity index is 1.06. The van der Waals surface area contributed by atoms with Gasteiger partial charge in [0.15, 0.2) is 0 Å². The van der Waals surface area contributed by atoms with Crippen LogP contribution in [0, 0.1) is 0 Å². The molecule has 0 aliphatic heterocycles. The van der Waals surface area contributed by atoms with Gasteiger partial charge in [0.1, 0.15) is 0 Å². The molecule has 0 fully saturated rings. The van der Waals surface area contributed by atoms with Gasteiger partial charge >= 0.3 is 0 Å². The maximum atomic E-state index is 6.59. The molecule has 0 bridgehead atoms. The number of nitrogens with zero attached hydrogens (tertiary/aromatic N) is 1. The van der Waals surface area contributed by atoms with Gasteiger partial charge in [-0.3, -0.25) is 0 Å². The first-order valence-electron chi connectivity index (χ1n) is 20.3. The summed E-state index contributed by atoms with van der Waals surface area (Å²) in [5.41, 5.74) is 22.5. The van der Waals surface area contributed by atoms with Crippen LogP contribution in [0.5, 0.6) is 0 Å². The third kappa shape index (κ3) is 5.49. The molecule has 2 heteroatoms. The van der Waals surface area contributed by atoms with Crippen LogP contribution in [0.25, 0.3) is 54.9 Å². The summed E-state index contributed by atoms with van der Waals surface area (Å²) in [6.45, 7) is 0. The highest BCUT2D eigenvalue weighted by molar-refractivity contribution is 6.12. The van der Waals surface area contributed by atoms with E-state index >= 15 is 0 Å². The fraction of sp³-hybridized carbons (Fsp3) is 0.0175. The van der Waals surface area contributed by atoms with Gasteiger partial charge in [-0.25, -0.2) is 0 Å². The van der Waals surface area contributed by atoms with Crippen LogP contribution in [0.3, 0.4) is 0 Å². The summed E-state index contributed by atoms with van der Waals surface area (Å²) in [5, 5.41) is 4.65. The lowest BCUT2D eigenvalue weighted by Crippen LogP contribution is -2.28. The number of anilines is 4. The molecule has 0 unspecified atom stereocenters. The standard InChI is InChI=1S/C57H40N2/c58-55-29-15-17-40-16-14-27-52(56(40)55)49-37-36-46(47-24-10-11-25-48(47)49)39-30-32-44(33-31-39)59(43-22-8-3-9-23-43)45-34-35-51-50-26-12-13-28-53(50)57(54(51)38-45,41-18-4-1-5-19-41)42-20-6-2-7-21-42/h1-38H,58H2. The molecule has 10 aromatic rings. The molecule has 278 valence electrons. The highest BCUT2D eigenvalue weighted by Crippen LogP contribution is 2.57. The monoisotopic (exact) mass is 752 g/mol. The molecule has 2 N–H and O–H groups in total. The Morgan fingerprint density at radius 3 is 1.56 bits per heavy atom. The van der Waals surface area contributed by atoms with Crippen molar-refractivity contribution in [1.82, 2.24) is 0 Å². The molecule has 59 heavy (non-hydrogen) atoms. The lowest BCUT2D eigenvalue weighted by Gasteiger charge is -2.35. The summed E-state index contributed by atoms with van der Waals surface area (Å²) in [4.78, 5) is 2.39. The minimum atomic E-state index is -0.484. The molecule has 0 saturated carbocycles. The maximum absolute atomic E-state index is 6.59. The van der Waals surface area contributed by atoms with Gasteiger partial charge in [-0.05, 0) is 114 Å². The molecule has 1 aliphatic carbocycles. The Morgan fingerprint density at radius 2 is 0.847 bits per heavy atom. The molecule has 0 amide bonds. The first-order chi connectivity index (χ1) is 29.2. The summed E-state index contributed by atoms with van der Waals surface area (Å²) in [6.07, 6.45) is 0. The number of nitrogens with two attached hydrogens (primary N) is 1. The van der Waals surface area contributed by atoms with Crippen LogP contribution < -0.4 is 10.6 Å². The number of hydrogen-bond acceptors (Lipinski definition) is 2. The van der Waals surface area contributed by atoms with E-state index in [4.69, 9.17) is 5.73 Å². The van der Waals surface area contributed by atoms with Gasteiger partial charge in [0, 0.05) is 28.1 Å². The summed E-state index contributed by atoms with van der Waals surface area (Å²) in [5.74, 6) is 0. The van der Waals surface area contributed by atoms with Crippen molar-refractivity contribution >= 4 is 44.3 Å². The van der Waals surface area contributed by atoms with Crippen molar-refractivity contribution in [2.75, 3.05) is 10.6 Å². The molecule has 0 spiro atoms. The first-order valence-corrected chi connectivity index (χ1v) is 20.3. The van der Waals surface area contributed by atoms with Crippen LogP contribution in [-0.2, 0) is 5.41 Å². The van der Waals surface area contributed by atoms with Gasteiger partial charge < -0.3 is 10.6 Å². The number of fused-ring (bicyclic) bond motifs is 5. The van der Waals surface area contributed by atoms with Gasteiger partial charge in [-0.15, -0.1) is 0 Å². The second kappa shape index (κ2) is 14.1.